The Morgan fingerprint density at radius 3 is 2.67 bits per heavy atom. The van der Waals surface area contributed by atoms with Gasteiger partial charge in [0.2, 0.25) is 0 Å². The Labute approximate surface area is 92.6 Å². The lowest BCUT2D eigenvalue weighted by atomic mass is 10.0. The molecule has 0 amide bonds. The average molecular weight is 204 g/mol. The first-order chi connectivity index (χ1) is 7.00. The lowest BCUT2D eigenvalue weighted by Crippen LogP contribution is -2.14. The first-order valence-corrected chi connectivity index (χ1v) is 5.29. The number of likely N-dealkylation sites (N-methyl/N-ethyl adjacent to an activating group) is 1. The van der Waals surface area contributed by atoms with Crippen molar-refractivity contribution in [3.8, 4) is 0 Å². The van der Waals surface area contributed by atoms with Gasteiger partial charge >= 0.3 is 0 Å². The van der Waals surface area contributed by atoms with E-state index in [1.165, 1.54) is 5.56 Å². The van der Waals surface area contributed by atoms with Crippen molar-refractivity contribution >= 4 is 5.57 Å². The van der Waals surface area contributed by atoms with Crippen molar-refractivity contribution in [2.24, 2.45) is 0 Å². The van der Waals surface area contributed by atoms with Gasteiger partial charge in [-0.2, -0.15) is 0 Å². The van der Waals surface area contributed by atoms with Crippen LogP contribution in [0.3, 0.4) is 0 Å². The van der Waals surface area contributed by atoms with Gasteiger partial charge in [0.1, 0.15) is 0 Å². The quantitative estimate of drug-likeness (QED) is 0.749. The summed E-state index contributed by atoms with van der Waals surface area (Å²) in [5, 5.41) is 0. The number of pyridine rings is 1. The third-order valence-electron chi connectivity index (χ3n) is 2.32. The molecular weight excluding hydrogens is 184 g/mol. The highest BCUT2D eigenvalue weighted by atomic mass is 15.0. The van der Waals surface area contributed by atoms with Gasteiger partial charge in [-0.3, -0.25) is 4.98 Å². The first kappa shape index (κ1) is 11.9. The van der Waals surface area contributed by atoms with Gasteiger partial charge in [0.25, 0.3) is 0 Å². The molecule has 0 radical (unpaired) electrons. The maximum atomic E-state index is 4.35. The van der Waals surface area contributed by atoms with Crippen LogP contribution < -0.4 is 0 Å². The van der Waals surface area contributed by atoms with E-state index in [9.17, 15) is 0 Å². The molecule has 15 heavy (non-hydrogen) atoms. The average Bonchev–Trinajstić information content (AvgIpc) is 2.17. The Kier molecular flexibility index (Phi) is 4.04. The molecule has 0 aliphatic carbocycles. The molecule has 2 nitrogen and oxygen atoms in total. The molecule has 1 rings (SSSR count). The molecule has 1 aromatic rings. The zero-order valence-corrected chi connectivity index (χ0v) is 10.1. The zero-order valence-electron chi connectivity index (χ0n) is 10.1. The molecule has 0 saturated carbocycles. The summed E-state index contributed by atoms with van der Waals surface area (Å²) in [6.07, 6.45) is 1.87. The monoisotopic (exact) mass is 204 g/mol. The van der Waals surface area contributed by atoms with Gasteiger partial charge in [-0.1, -0.05) is 20.4 Å². The highest BCUT2D eigenvalue weighted by Crippen LogP contribution is 2.17. The third-order valence-corrected chi connectivity index (χ3v) is 2.32. The van der Waals surface area contributed by atoms with Crippen molar-refractivity contribution in [3.05, 3.63) is 36.2 Å². The van der Waals surface area contributed by atoms with Crippen LogP contribution in [0.4, 0.5) is 0 Å². The van der Waals surface area contributed by atoms with Gasteiger partial charge < -0.3 is 4.90 Å². The van der Waals surface area contributed by atoms with Gasteiger partial charge in [0, 0.05) is 12.7 Å². The highest BCUT2D eigenvalue weighted by molar-refractivity contribution is 5.61. The number of nitrogens with zero attached hydrogens (tertiary/aromatic N) is 2. The van der Waals surface area contributed by atoms with Gasteiger partial charge in [-0.25, -0.2) is 0 Å². The van der Waals surface area contributed by atoms with E-state index in [0.29, 0.717) is 5.92 Å². The summed E-state index contributed by atoms with van der Waals surface area (Å²) in [7, 11) is 4.08. The summed E-state index contributed by atoms with van der Waals surface area (Å²) < 4.78 is 0. The molecule has 0 spiro atoms. The smallest absolute Gasteiger partial charge is 0.0671 e. The molecular formula is C13H20N2. The Hall–Kier alpha value is -1.15. The molecule has 1 heterocycles. The molecule has 0 bridgehead atoms. The minimum atomic E-state index is 0.541. The molecule has 0 aliphatic heterocycles. The Balaban J connectivity index is 2.85. The second kappa shape index (κ2) is 5.08. The second-order valence-corrected chi connectivity index (χ2v) is 4.47. The van der Waals surface area contributed by atoms with Gasteiger partial charge in [-0.15, -0.1) is 0 Å². The summed E-state index contributed by atoms with van der Waals surface area (Å²) in [5.41, 5.74) is 3.40. The van der Waals surface area contributed by atoms with E-state index in [1.807, 2.05) is 20.3 Å². The van der Waals surface area contributed by atoms with Crippen molar-refractivity contribution in [3.63, 3.8) is 0 Å². The topological polar surface area (TPSA) is 16.1 Å². The summed E-state index contributed by atoms with van der Waals surface area (Å²) >= 11 is 0. The number of hydrogen-bond donors (Lipinski definition) is 0. The van der Waals surface area contributed by atoms with E-state index >= 15 is 0 Å². The molecule has 0 aromatic carbocycles. The van der Waals surface area contributed by atoms with Gasteiger partial charge in [0.05, 0.1) is 5.69 Å². The van der Waals surface area contributed by atoms with Crippen LogP contribution in [0.1, 0.15) is 31.0 Å². The first-order valence-electron chi connectivity index (χ1n) is 5.29. The summed E-state index contributed by atoms with van der Waals surface area (Å²) in [4.78, 5) is 6.45. The van der Waals surface area contributed by atoms with E-state index in [1.54, 1.807) is 0 Å². The van der Waals surface area contributed by atoms with Crippen LogP contribution in [0.2, 0.25) is 0 Å². The predicted octanol–water partition coefficient (Wildman–Crippen LogP) is 2.78. The fourth-order valence-electron chi connectivity index (χ4n) is 1.46. The van der Waals surface area contributed by atoms with E-state index in [2.05, 4.69) is 42.4 Å². The zero-order chi connectivity index (χ0) is 11.4. The molecule has 0 N–H and O–H groups in total. The normalized spacial score (nSPS) is 11.1. The van der Waals surface area contributed by atoms with E-state index in [-0.39, 0.29) is 0 Å². The number of aromatic nitrogens is 1. The van der Waals surface area contributed by atoms with Crippen molar-refractivity contribution in [2.75, 3.05) is 20.6 Å². The molecule has 0 unspecified atom stereocenters. The van der Waals surface area contributed by atoms with E-state index in [4.69, 9.17) is 0 Å². The van der Waals surface area contributed by atoms with Crippen molar-refractivity contribution in [2.45, 2.75) is 19.8 Å². The van der Waals surface area contributed by atoms with Crippen LogP contribution in [0.25, 0.3) is 5.57 Å². The summed E-state index contributed by atoms with van der Waals surface area (Å²) in [6.45, 7) is 9.29. The third kappa shape index (κ3) is 3.48. The maximum absolute atomic E-state index is 4.35. The molecule has 82 valence electrons. The van der Waals surface area contributed by atoms with Crippen LogP contribution in [0.15, 0.2) is 24.9 Å². The summed E-state index contributed by atoms with van der Waals surface area (Å²) in [5.74, 6) is 0.541. The molecule has 0 aliphatic rings. The van der Waals surface area contributed by atoms with E-state index in [0.717, 1.165) is 17.8 Å². The van der Waals surface area contributed by atoms with Gasteiger partial charge in [0.15, 0.2) is 0 Å². The SMILES string of the molecule is C=C(CN(C)C)c1cc(C(C)C)ccn1. The molecule has 1 aromatic heterocycles. The molecule has 0 atom stereocenters. The van der Waals surface area contributed by atoms with Crippen LogP contribution in [0, 0.1) is 0 Å². The number of hydrogen-bond acceptors (Lipinski definition) is 2. The minimum absolute atomic E-state index is 0.541. The molecule has 0 saturated heterocycles. The number of rotatable bonds is 4. The predicted molar refractivity (Wildman–Crippen MR) is 65.9 cm³/mol. The Morgan fingerprint density at radius 1 is 1.47 bits per heavy atom. The van der Waals surface area contributed by atoms with Crippen molar-refractivity contribution in [1.82, 2.24) is 9.88 Å². The van der Waals surface area contributed by atoms with Crippen LogP contribution in [0.5, 0.6) is 0 Å². The Morgan fingerprint density at radius 2 is 2.13 bits per heavy atom. The van der Waals surface area contributed by atoms with E-state index < -0.39 is 0 Å². The van der Waals surface area contributed by atoms with Crippen LogP contribution >= 0.6 is 0 Å². The van der Waals surface area contributed by atoms with Crippen molar-refractivity contribution in [1.29, 1.82) is 0 Å². The van der Waals surface area contributed by atoms with Gasteiger partial charge in [-0.05, 0) is 43.3 Å². The second-order valence-electron chi connectivity index (χ2n) is 4.47. The van der Waals surface area contributed by atoms with Crippen LogP contribution in [-0.2, 0) is 0 Å². The standard InChI is InChI=1S/C13H20N2/c1-10(2)12-6-7-14-13(8-12)11(3)9-15(4)5/h6-8,10H,3,9H2,1-2,4-5H3. The lowest BCUT2D eigenvalue weighted by Gasteiger charge is -2.13. The largest absolute Gasteiger partial charge is 0.305 e. The fraction of sp³-hybridized carbons (Fsp3) is 0.462. The van der Waals surface area contributed by atoms with Crippen LogP contribution in [-0.4, -0.2) is 30.5 Å². The molecule has 2 heteroatoms. The molecule has 0 fully saturated rings. The minimum Gasteiger partial charge on any atom is -0.305 e. The lowest BCUT2D eigenvalue weighted by molar-refractivity contribution is 0.463. The Bertz CT molecular complexity index is 340. The fourth-order valence-corrected chi connectivity index (χ4v) is 1.46. The maximum Gasteiger partial charge on any atom is 0.0671 e. The van der Waals surface area contributed by atoms with Crippen molar-refractivity contribution < 1.29 is 0 Å². The highest BCUT2D eigenvalue weighted by Gasteiger charge is 2.05. The summed E-state index contributed by atoms with van der Waals surface area (Å²) in [6, 6.07) is 4.20.